The summed E-state index contributed by atoms with van der Waals surface area (Å²) in [7, 11) is 0. The van der Waals surface area contributed by atoms with E-state index in [1.54, 1.807) is 54.6 Å². The summed E-state index contributed by atoms with van der Waals surface area (Å²) in [6, 6.07) is 12.3. The van der Waals surface area contributed by atoms with Gasteiger partial charge in [-0.25, -0.2) is 9.59 Å². The number of rotatable bonds is 10. The number of para-hydroxylation sites is 1. The van der Waals surface area contributed by atoms with Gasteiger partial charge >= 0.3 is 11.9 Å². The summed E-state index contributed by atoms with van der Waals surface area (Å²) in [5, 5.41) is 10.9. The Kier molecular flexibility index (Phi) is 10.6. The number of esters is 2. The Labute approximate surface area is 235 Å². The first kappa shape index (κ1) is 30.5. The summed E-state index contributed by atoms with van der Waals surface area (Å²) in [5.74, 6) is -0.844. The van der Waals surface area contributed by atoms with Crippen LogP contribution in [0.5, 0.6) is 11.5 Å². The van der Waals surface area contributed by atoms with Crippen molar-refractivity contribution in [3.05, 3.63) is 82.6 Å². The Morgan fingerprint density at radius 1 is 0.850 bits per heavy atom. The molecule has 5 N–H and O–H groups in total. The van der Waals surface area contributed by atoms with E-state index >= 15 is 0 Å². The van der Waals surface area contributed by atoms with Crippen molar-refractivity contribution in [3.8, 4) is 11.5 Å². The topological polar surface area (TPSA) is 142 Å². The van der Waals surface area contributed by atoms with E-state index in [0.29, 0.717) is 47.5 Å². The van der Waals surface area contributed by atoms with Gasteiger partial charge in [0.25, 0.3) is 0 Å². The number of ether oxygens (including phenoxy) is 2. The van der Waals surface area contributed by atoms with Gasteiger partial charge in [0.15, 0.2) is 5.78 Å². The third-order valence-electron chi connectivity index (χ3n) is 6.72. The van der Waals surface area contributed by atoms with Gasteiger partial charge in [-0.3, -0.25) is 4.79 Å². The highest BCUT2D eigenvalue weighted by Crippen LogP contribution is 2.31. The predicted octanol–water partition coefficient (Wildman–Crippen LogP) is 5.13. The molecule has 2 aromatic rings. The zero-order valence-corrected chi connectivity index (χ0v) is 23.4. The molecule has 0 saturated heterocycles. The van der Waals surface area contributed by atoms with E-state index in [0.717, 1.165) is 5.56 Å². The predicted molar refractivity (Wildman–Crippen MR) is 155 cm³/mol. The number of hydrogen-bond acceptors (Lipinski definition) is 8. The normalized spacial score (nSPS) is 16.4. The molecule has 1 aliphatic carbocycles. The van der Waals surface area contributed by atoms with Gasteiger partial charge in [-0.1, -0.05) is 58.0 Å². The molecule has 2 aromatic carbocycles. The molecule has 212 valence electrons. The molecular formula is C32H38N2O6. The van der Waals surface area contributed by atoms with Crippen LogP contribution in [-0.2, 0) is 14.4 Å². The zero-order chi connectivity index (χ0) is 29.4. The van der Waals surface area contributed by atoms with Crippen LogP contribution in [0.25, 0.3) is 12.2 Å². The van der Waals surface area contributed by atoms with Crippen LogP contribution < -0.4 is 20.9 Å². The van der Waals surface area contributed by atoms with Gasteiger partial charge in [0.05, 0.1) is 0 Å². The molecule has 0 saturated carbocycles. The van der Waals surface area contributed by atoms with Crippen molar-refractivity contribution in [1.29, 1.82) is 0 Å². The maximum atomic E-state index is 13.0. The van der Waals surface area contributed by atoms with Crippen LogP contribution in [0, 0.1) is 11.8 Å². The van der Waals surface area contributed by atoms with E-state index < -0.39 is 24.0 Å². The smallest absolute Gasteiger partial charge is 0.328 e. The Morgan fingerprint density at radius 3 is 2.08 bits per heavy atom. The number of ketones is 1. The Hall–Kier alpha value is -4.01. The van der Waals surface area contributed by atoms with Crippen LogP contribution in [0.1, 0.15) is 58.1 Å². The van der Waals surface area contributed by atoms with E-state index in [4.69, 9.17) is 20.9 Å². The first-order chi connectivity index (χ1) is 19.0. The molecule has 40 heavy (non-hydrogen) atoms. The molecule has 0 aromatic heterocycles. The van der Waals surface area contributed by atoms with E-state index in [1.807, 2.05) is 33.8 Å². The highest BCUT2D eigenvalue weighted by atomic mass is 16.5. The summed E-state index contributed by atoms with van der Waals surface area (Å²) < 4.78 is 10.8. The number of allylic oxidation sites excluding steroid dienone is 3. The molecule has 1 aliphatic rings. The molecule has 3 rings (SSSR count). The first-order valence-electron chi connectivity index (χ1n) is 13.5. The number of aliphatic hydroxyl groups excluding tert-OH is 1. The van der Waals surface area contributed by atoms with Crippen LogP contribution in [0.3, 0.4) is 0 Å². The van der Waals surface area contributed by atoms with Crippen molar-refractivity contribution in [2.45, 2.75) is 59.0 Å². The summed E-state index contributed by atoms with van der Waals surface area (Å²) in [5.41, 5.74) is 14.0. The second-order valence-corrected chi connectivity index (χ2v) is 10.5. The lowest BCUT2D eigenvalue weighted by molar-refractivity contribution is -0.137. The zero-order valence-electron chi connectivity index (χ0n) is 23.4. The minimum absolute atomic E-state index is 0.0368. The average Bonchev–Trinajstić information content (AvgIpc) is 2.93. The lowest BCUT2D eigenvalue weighted by Gasteiger charge is -2.18. The Bertz CT molecular complexity index is 1320. The maximum absolute atomic E-state index is 13.0. The van der Waals surface area contributed by atoms with Crippen LogP contribution in [0.4, 0.5) is 0 Å². The van der Waals surface area contributed by atoms with Crippen LogP contribution in [-0.4, -0.2) is 34.9 Å². The van der Waals surface area contributed by atoms with Crippen molar-refractivity contribution in [1.82, 2.24) is 0 Å². The summed E-state index contributed by atoms with van der Waals surface area (Å²) in [6.07, 6.45) is 6.50. The molecule has 8 heteroatoms. The van der Waals surface area contributed by atoms with E-state index in [1.165, 1.54) is 6.08 Å². The highest BCUT2D eigenvalue weighted by Gasteiger charge is 2.23. The third kappa shape index (κ3) is 8.00. The molecule has 0 aliphatic heterocycles. The molecule has 0 spiro atoms. The lowest BCUT2D eigenvalue weighted by Crippen LogP contribution is -2.38. The monoisotopic (exact) mass is 546 g/mol. The Balaban J connectivity index is 1.74. The van der Waals surface area contributed by atoms with Crippen molar-refractivity contribution in [2.24, 2.45) is 23.3 Å². The molecule has 0 bridgehead atoms. The SMILES string of the molecule is CC(C)[C@H](N)C(=O)Oc1ccc(/C=C2\CCCC(C(=O)/C=C/c3ccccc3OC(=O)[C@@H](N)C(C)C)=C2O)cc1. The summed E-state index contributed by atoms with van der Waals surface area (Å²) >= 11 is 0. The molecule has 2 atom stereocenters. The highest BCUT2D eigenvalue weighted by molar-refractivity contribution is 6.07. The van der Waals surface area contributed by atoms with Gasteiger partial charge in [0.1, 0.15) is 29.3 Å². The van der Waals surface area contributed by atoms with Gasteiger partial charge in [-0.05, 0) is 78.7 Å². The van der Waals surface area contributed by atoms with Crippen molar-refractivity contribution in [2.75, 3.05) is 0 Å². The number of hydrogen-bond donors (Lipinski definition) is 3. The van der Waals surface area contributed by atoms with Crippen LogP contribution >= 0.6 is 0 Å². The van der Waals surface area contributed by atoms with E-state index in [9.17, 15) is 19.5 Å². The fourth-order valence-electron chi connectivity index (χ4n) is 3.98. The summed E-state index contributed by atoms with van der Waals surface area (Å²) in [4.78, 5) is 37.5. The number of nitrogens with two attached hydrogens (primary N) is 2. The van der Waals surface area contributed by atoms with E-state index in [2.05, 4.69) is 0 Å². The fraction of sp³-hybridized carbons (Fsp3) is 0.344. The first-order valence-corrected chi connectivity index (χ1v) is 13.5. The second-order valence-electron chi connectivity index (χ2n) is 10.5. The molecule has 0 heterocycles. The minimum atomic E-state index is -0.761. The molecule has 0 amide bonds. The molecule has 0 radical (unpaired) electrons. The molecule has 0 fully saturated rings. The number of carbonyl (C=O) groups is 3. The minimum Gasteiger partial charge on any atom is -0.507 e. The third-order valence-corrected chi connectivity index (χ3v) is 6.72. The lowest BCUT2D eigenvalue weighted by atomic mass is 9.89. The quantitative estimate of drug-likeness (QED) is 0.212. The van der Waals surface area contributed by atoms with Gasteiger partial charge in [0, 0.05) is 11.1 Å². The molecule has 8 nitrogen and oxygen atoms in total. The maximum Gasteiger partial charge on any atom is 0.328 e. The standard InChI is InChI=1S/C32H38N2O6/c1-19(2)28(33)31(37)39-24-15-12-21(13-16-24)18-23-9-7-10-25(30(23)36)26(35)17-14-22-8-5-6-11-27(22)40-32(38)29(34)20(3)4/h5-6,8,11-20,28-29,36H,7,9-10,33-34H2,1-4H3/b17-14+,23-18+/t28-,29-/m0/s1. The Morgan fingerprint density at radius 2 is 1.45 bits per heavy atom. The average molecular weight is 547 g/mol. The van der Waals surface area contributed by atoms with Crippen molar-refractivity contribution >= 4 is 29.9 Å². The van der Waals surface area contributed by atoms with Gasteiger partial charge in [0.2, 0.25) is 0 Å². The van der Waals surface area contributed by atoms with Crippen molar-refractivity contribution < 1.29 is 29.0 Å². The van der Waals surface area contributed by atoms with Crippen LogP contribution in [0.15, 0.2) is 71.5 Å². The fourth-order valence-corrected chi connectivity index (χ4v) is 3.98. The van der Waals surface area contributed by atoms with E-state index in [-0.39, 0.29) is 23.4 Å². The van der Waals surface area contributed by atoms with Gasteiger partial charge in [-0.2, -0.15) is 0 Å². The molecule has 0 unspecified atom stereocenters. The number of carbonyl (C=O) groups excluding carboxylic acids is 3. The largest absolute Gasteiger partial charge is 0.507 e. The van der Waals surface area contributed by atoms with Crippen molar-refractivity contribution in [3.63, 3.8) is 0 Å². The summed E-state index contributed by atoms with van der Waals surface area (Å²) in [6.45, 7) is 7.36. The number of benzene rings is 2. The second kappa shape index (κ2) is 13.9. The number of aliphatic hydroxyl groups is 1. The van der Waals surface area contributed by atoms with Gasteiger partial charge < -0.3 is 26.0 Å². The molecular weight excluding hydrogens is 508 g/mol. The van der Waals surface area contributed by atoms with Gasteiger partial charge in [-0.15, -0.1) is 0 Å². The van der Waals surface area contributed by atoms with Crippen LogP contribution in [0.2, 0.25) is 0 Å².